The highest BCUT2D eigenvalue weighted by Gasteiger charge is 2.30. The van der Waals surface area contributed by atoms with Gasteiger partial charge in [0, 0.05) is 28.6 Å². The monoisotopic (exact) mass is 821 g/mol. The molecule has 1 N–H and O–H groups in total. The first kappa shape index (κ1) is 36.4. The Bertz CT molecular complexity index is 3200. The zero-order chi connectivity index (χ0) is 48.7. The number of pyridine rings is 1. The molecule has 0 aliphatic rings. The molecule has 0 fully saturated rings. The number of aromatic hydroxyl groups is 1. The lowest BCUT2D eigenvalue weighted by molar-refractivity contribution is 0.446. The third kappa shape index (κ3) is 8.23. The Labute approximate surface area is 376 Å². The van der Waals surface area contributed by atoms with E-state index in [2.05, 4.69) is 179 Å². The highest BCUT2D eigenvalue weighted by Crippen LogP contribution is 2.46. The van der Waals surface area contributed by atoms with E-state index in [1.807, 2.05) is 6.07 Å². The van der Waals surface area contributed by atoms with Crippen LogP contribution in [0.2, 0.25) is 0 Å². The molecule has 62 heavy (non-hydrogen) atoms. The lowest BCUT2D eigenvalue weighted by Crippen LogP contribution is -2.17. The largest absolute Gasteiger partial charge is 0.507 e. The van der Waals surface area contributed by atoms with Gasteiger partial charge in [-0.1, -0.05) is 174 Å². The molecule has 0 spiro atoms. The molecule has 0 amide bonds. The zero-order valence-corrected chi connectivity index (χ0v) is 38.3. The predicted molar refractivity (Wildman–Crippen MR) is 263 cm³/mol. The van der Waals surface area contributed by atoms with Gasteiger partial charge in [-0.15, -0.1) is 0 Å². The molecule has 0 aliphatic heterocycles. The lowest BCUT2D eigenvalue weighted by Gasteiger charge is -2.28. The molecule has 0 saturated heterocycles. The lowest BCUT2D eigenvalue weighted by atomic mass is 9.78. The molecule has 0 atom stereocenters. The number of nitrogens with zero attached hydrogens (tertiary/aromatic N) is 3. The number of para-hydroxylation sites is 1. The van der Waals surface area contributed by atoms with Gasteiger partial charge >= 0.3 is 0 Å². The summed E-state index contributed by atoms with van der Waals surface area (Å²) in [5, 5.41) is 12.5. The minimum Gasteiger partial charge on any atom is -0.507 e. The molecule has 0 bridgehead atoms. The van der Waals surface area contributed by atoms with E-state index < -0.39 is 6.04 Å². The normalized spacial score (nSPS) is 13.7. The van der Waals surface area contributed by atoms with Crippen molar-refractivity contribution in [3.63, 3.8) is 0 Å². The Kier molecular flexibility index (Phi) is 9.15. The molecule has 0 unspecified atom stereocenters. The van der Waals surface area contributed by atoms with E-state index >= 15 is 0 Å². The van der Waals surface area contributed by atoms with Gasteiger partial charge in [0.15, 0.2) is 0 Å². The van der Waals surface area contributed by atoms with Gasteiger partial charge in [0.25, 0.3) is 0 Å². The average molecular weight is 821 g/mol. The van der Waals surface area contributed by atoms with Crippen molar-refractivity contribution in [2.75, 3.05) is 0 Å². The van der Waals surface area contributed by atoms with Crippen molar-refractivity contribution >= 4 is 11.0 Å². The van der Waals surface area contributed by atoms with Crippen LogP contribution in [-0.4, -0.2) is 19.6 Å². The van der Waals surface area contributed by atoms with Gasteiger partial charge < -0.3 is 5.11 Å². The van der Waals surface area contributed by atoms with Gasteiger partial charge in [-0.2, -0.15) is 0 Å². The first-order valence-corrected chi connectivity index (χ1v) is 21.6. The fraction of sp³-hybridized carbons (Fsp3) is 0.276. The van der Waals surface area contributed by atoms with Crippen molar-refractivity contribution in [2.45, 2.75) is 105 Å². The SMILES string of the molecule is [2H]c1c([2H])c([2H])c(-c2ccnc(-c3cc(-c4cccc5c4nc(-c4cc(C(C)(C)C)cc(C(C)(C)C)c4O)n5-c4ccc(-c5ccccc5)c(C(C)(C)C)c4)cc(C(C)(C)C)c3)c2)c([2H])c1[2H]. The second kappa shape index (κ2) is 15.6. The van der Waals surface area contributed by atoms with Gasteiger partial charge in [0.2, 0.25) is 0 Å². The molecule has 4 heteroatoms. The first-order chi connectivity index (χ1) is 31.3. The van der Waals surface area contributed by atoms with E-state index in [0.29, 0.717) is 22.6 Å². The first-order valence-electron chi connectivity index (χ1n) is 24.1. The number of rotatable bonds is 6. The molecular weight excluding hydrogens is 755 g/mol. The van der Waals surface area contributed by atoms with E-state index in [4.69, 9.17) is 16.8 Å². The second-order valence-electron chi connectivity index (χ2n) is 20.7. The maximum absolute atomic E-state index is 12.5. The Morgan fingerprint density at radius 3 is 1.82 bits per heavy atom. The van der Waals surface area contributed by atoms with Crippen LogP contribution >= 0.6 is 0 Å². The number of imidazole rings is 1. The summed E-state index contributed by atoms with van der Waals surface area (Å²) in [4.78, 5) is 10.4. The van der Waals surface area contributed by atoms with Crippen LogP contribution in [0.25, 0.3) is 72.7 Å². The van der Waals surface area contributed by atoms with Crippen LogP contribution in [0.1, 0.15) is 112 Å². The summed E-state index contributed by atoms with van der Waals surface area (Å²) in [6.07, 6.45) is 1.63. The fourth-order valence-corrected chi connectivity index (χ4v) is 8.25. The topological polar surface area (TPSA) is 50.9 Å². The van der Waals surface area contributed by atoms with Crippen molar-refractivity contribution in [1.29, 1.82) is 0 Å². The Morgan fingerprint density at radius 1 is 0.500 bits per heavy atom. The van der Waals surface area contributed by atoms with E-state index in [1.54, 1.807) is 18.3 Å². The second-order valence-corrected chi connectivity index (χ2v) is 20.7. The third-order valence-electron chi connectivity index (χ3n) is 11.8. The summed E-state index contributed by atoms with van der Waals surface area (Å²) in [5.74, 6) is 0.835. The highest BCUT2D eigenvalue weighted by atomic mass is 16.3. The minimum atomic E-state index is -0.430. The Morgan fingerprint density at radius 2 is 1.16 bits per heavy atom. The van der Waals surface area contributed by atoms with Crippen molar-refractivity contribution < 1.29 is 12.0 Å². The maximum Gasteiger partial charge on any atom is 0.149 e. The molecule has 0 aliphatic carbocycles. The molecule has 0 saturated carbocycles. The van der Waals surface area contributed by atoms with E-state index in [1.165, 1.54) is 5.56 Å². The van der Waals surface area contributed by atoms with Crippen LogP contribution < -0.4 is 0 Å². The number of fused-ring (bicyclic) bond motifs is 1. The molecule has 8 aromatic rings. The standard InChI is InChI=1S/C58H61N3O/c1-55(2,3)42-31-40(30-41(32-42)50-33-39(28-29-59-50)37-20-15-13-16-21-37)46-24-19-25-51-52(46)60-54(47-34-43(56(4,5)6)35-49(53(47)62)58(10,11)12)61(51)44-26-27-45(38-22-17-14-18-23-38)48(36-44)57(7,8)9/h13-36,62H,1-12H3/i13D,15D,16D,20D,21D. The Hall–Kier alpha value is -6.26. The van der Waals surface area contributed by atoms with Crippen molar-refractivity contribution in [1.82, 2.24) is 14.5 Å². The summed E-state index contributed by atoms with van der Waals surface area (Å²) >= 11 is 0. The van der Waals surface area contributed by atoms with Crippen molar-refractivity contribution in [3.05, 3.63) is 168 Å². The number of hydrogen-bond acceptors (Lipinski definition) is 3. The quantitative estimate of drug-likeness (QED) is 0.182. The number of benzene rings is 6. The van der Waals surface area contributed by atoms with Crippen molar-refractivity contribution in [3.8, 4) is 67.5 Å². The van der Waals surface area contributed by atoms with Crippen LogP contribution in [0, 0.1) is 0 Å². The molecule has 2 heterocycles. The maximum atomic E-state index is 12.5. The average Bonchev–Trinajstić information content (AvgIpc) is 3.66. The van der Waals surface area contributed by atoms with Crippen molar-refractivity contribution in [2.24, 2.45) is 0 Å². The fourth-order valence-electron chi connectivity index (χ4n) is 8.25. The number of phenolic OH excluding ortho intramolecular Hbond substituents is 1. The zero-order valence-electron chi connectivity index (χ0n) is 43.3. The van der Waals surface area contributed by atoms with Crippen LogP contribution in [-0.2, 0) is 21.7 Å². The van der Waals surface area contributed by atoms with E-state index in [0.717, 1.165) is 61.2 Å². The van der Waals surface area contributed by atoms with E-state index in [9.17, 15) is 5.11 Å². The summed E-state index contributed by atoms with van der Waals surface area (Å²) in [6.45, 7) is 26.2. The molecule has 2 aromatic heterocycles. The minimum absolute atomic E-state index is 0.129. The van der Waals surface area contributed by atoms with Gasteiger partial charge in [-0.25, -0.2) is 4.98 Å². The number of aromatic nitrogens is 3. The molecule has 4 nitrogen and oxygen atoms in total. The summed E-state index contributed by atoms with van der Waals surface area (Å²) in [7, 11) is 0. The molecule has 6 aromatic carbocycles. The predicted octanol–water partition coefficient (Wildman–Crippen LogP) is 15.7. The van der Waals surface area contributed by atoms with Gasteiger partial charge in [0.05, 0.1) is 29.1 Å². The summed E-state index contributed by atoms with van der Waals surface area (Å²) in [6, 6.07) is 35.9. The van der Waals surface area contributed by atoms with Crippen LogP contribution in [0.15, 0.2) is 146 Å². The summed E-state index contributed by atoms with van der Waals surface area (Å²) < 4.78 is 44.4. The van der Waals surface area contributed by atoms with Crippen LogP contribution in [0.3, 0.4) is 0 Å². The van der Waals surface area contributed by atoms with Gasteiger partial charge in [0.1, 0.15) is 11.6 Å². The molecule has 314 valence electrons. The summed E-state index contributed by atoms with van der Waals surface area (Å²) in [5.41, 5.74) is 12.5. The number of phenols is 1. The molecule has 0 radical (unpaired) electrons. The van der Waals surface area contributed by atoms with E-state index in [-0.39, 0.29) is 57.1 Å². The third-order valence-corrected chi connectivity index (χ3v) is 11.8. The van der Waals surface area contributed by atoms with Gasteiger partial charge in [-0.05, 0) is 115 Å². The van der Waals surface area contributed by atoms with Gasteiger partial charge in [-0.3, -0.25) is 9.55 Å². The van der Waals surface area contributed by atoms with Crippen LogP contribution in [0.4, 0.5) is 0 Å². The smallest absolute Gasteiger partial charge is 0.149 e. The Balaban J connectivity index is 1.43. The molecule has 8 rings (SSSR count). The van der Waals surface area contributed by atoms with Crippen LogP contribution in [0.5, 0.6) is 5.75 Å². The number of hydrogen-bond donors (Lipinski definition) is 1. The highest BCUT2D eigenvalue weighted by molar-refractivity contribution is 5.97. The molecular formula is C58H61N3O.